The van der Waals surface area contributed by atoms with Crippen molar-refractivity contribution in [2.75, 3.05) is 14.2 Å². The molecular weight excluding hydrogens is 268 g/mol. The van der Waals surface area contributed by atoms with Gasteiger partial charge in [0.15, 0.2) is 11.5 Å². The Kier molecular flexibility index (Phi) is 5.04. The molecule has 2 aromatic rings. The third-order valence-corrected chi connectivity index (χ3v) is 2.96. The second-order valence-electron chi connectivity index (χ2n) is 4.30. The van der Waals surface area contributed by atoms with Gasteiger partial charge in [-0.05, 0) is 29.8 Å². The molecule has 0 heterocycles. The maximum Gasteiger partial charge on any atom is 0.170 e. The number of benzene rings is 2. The van der Waals surface area contributed by atoms with E-state index in [0.29, 0.717) is 18.1 Å². The van der Waals surface area contributed by atoms with Crippen LogP contribution in [0.25, 0.3) is 0 Å². The Hall–Kier alpha value is -2.69. The first-order valence-electron chi connectivity index (χ1n) is 6.44. The molecule has 2 aromatic carbocycles. The molecule has 0 saturated heterocycles. The van der Waals surface area contributed by atoms with Crippen molar-refractivity contribution in [2.24, 2.45) is 10.9 Å². The highest BCUT2D eigenvalue weighted by molar-refractivity contribution is 5.84. The lowest BCUT2D eigenvalue weighted by Crippen LogP contribution is -2.01. The zero-order valence-corrected chi connectivity index (χ0v) is 12.1. The van der Waals surface area contributed by atoms with E-state index in [1.807, 2.05) is 42.5 Å². The monoisotopic (exact) mass is 286 g/mol. The minimum atomic E-state index is 0.392. The number of ether oxygens (including phenoxy) is 3. The summed E-state index contributed by atoms with van der Waals surface area (Å²) in [6.45, 7) is 0.392. The van der Waals surface area contributed by atoms with Crippen LogP contribution in [0, 0.1) is 0 Å². The van der Waals surface area contributed by atoms with E-state index in [1.54, 1.807) is 14.2 Å². The molecule has 0 saturated carbocycles. The standard InChI is InChI=1S/C16H18N2O3/c1-19-14-7-3-5-12(9-14)11-21-16-13(10-18-17)6-4-8-15(16)20-2/h3-10H,11,17H2,1-2H3. The van der Waals surface area contributed by atoms with Crippen molar-refractivity contribution in [2.45, 2.75) is 6.61 Å². The van der Waals surface area contributed by atoms with Gasteiger partial charge in [-0.25, -0.2) is 0 Å². The number of hydrogen-bond donors (Lipinski definition) is 1. The van der Waals surface area contributed by atoms with E-state index in [-0.39, 0.29) is 0 Å². The molecule has 0 aliphatic rings. The van der Waals surface area contributed by atoms with Crippen molar-refractivity contribution in [3.63, 3.8) is 0 Å². The summed E-state index contributed by atoms with van der Waals surface area (Å²) in [6.07, 6.45) is 1.53. The van der Waals surface area contributed by atoms with Gasteiger partial charge in [0, 0.05) is 5.56 Å². The Bertz CT molecular complexity index is 627. The second kappa shape index (κ2) is 7.19. The number of hydrazone groups is 1. The van der Waals surface area contributed by atoms with Gasteiger partial charge in [-0.1, -0.05) is 18.2 Å². The highest BCUT2D eigenvalue weighted by atomic mass is 16.5. The third kappa shape index (κ3) is 3.66. The van der Waals surface area contributed by atoms with E-state index in [4.69, 9.17) is 20.1 Å². The molecule has 0 aliphatic carbocycles. The van der Waals surface area contributed by atoms with E-state index in [1.165, 1.54) is 6.21 Å². The number of hydrogen-bond acceptors (Lipinski definition) is 5. The number of para-hydroxylation sites is 1. The molecule has 110 valence electrons. The molecule has 2 N–H and O–H groups in total. The zero-order chi connectivity index (χ0) is 15.1. The van der Waals surface area contributed by atoms with Crippen LogP contribution < -0.4 is 20.1 Å². The molecule has 0 bridgehead atoms. The lowest BCUT2D eigenvalue weighted by Gasteiger charge is -2.13. The molecule has 5 nitrogen and oxygen atoms in total. The van der Waals surface area contributed by atoms with Crippen LogP contribution in [0.15, 0.2) is 47.6 Å². The first kappa shape index (κ1) is 14.7. The molecule has 0 spiro atoms. The predicted octanol–water partition coefficient (Wildman–Crippen LogP) is 2.58. The fourth-order valence-electron chi connectivity index (χ4n) is 1.95. The fraction of sp³-hybridized carbons (Fsp3) is 0.188. The van der Waals surface area contributed by atoms with Crippen molar-refractivity contribution in [3.05, 3.63) is 53.6 Å². The lowest BCUT2D eigenvalue weighted by atomic mass is 10.2. The maximum absolute atomic E-state index is 5.87. The Balaban J connectivity index is 2.22. The van der Waals surface area contributed by atoms with Gasteiger partial charge < -0.3 is 20.1 Å². The number of nitrogens with zero attached hydrogens (tertiary/aromatic N) is 1. The maximum atomic E-state index is 5.87. The largest absolute Gasteiger partial charge is 0.497 e. The molecule has 0 aliphatic heterocycles. The Morgan fingerprint density at radius 1 is 1.10 bits per heavy atom. The first-order valence-corrected chi connectivity index (χ1v) is 6.44. The molecule has 0 amide bonds. The van der Waals surface area contributed by atoms with Gasteiger partial charge in [-0.15, -0.1) is 0 Å². The smallest absolute Gasteiger partial charge is 0.170 e. The normalized spacial score (nSPS) is 10.6. The average molecular weight is 286 g/mol. The summed E-state index contributed by atoms with van der Waals surface area (Å²) in [7, 11) is 3.23. The van der Waals surface area contributed by atoms with E-state index < -0.39 is 0 Å². The summed E-state index contributed by atoms with van der Waals surface area (Å²) in [4.78, 5) is 0. The molecule has 0 atom stereocenters. The van der Waals surface area contributed by atoms with Crippen LogP contribution in [0.1, 0.15) is 11.1 Å². The Morgan fingerprint density at radius 2 is 1.90 bits per heavy atom. The molecule has 5 heteroatoms. The van der Waals surface area contributed by atoms with Gasteiger partial charge >= 0.3 is 0 Å². The van der Waals surface area contributed by atoms with Gasteiger partial charge in [0.05, 0.1) is 20.4 Å². The van der Waals surface area contributed by atoms with Crippen molar-refractivity contribution < 1.29 is 14.2 Å². The summed E-state index contributed by atoms with van der Waals surface area (Å²) in [5.41, 5.74) is 1.76. The zero-order valence-electron chi connectivity index (χ0n) is 12.1. The van der Waals surface area contributed by atoms with Crippen LogP contribution in [-0.2, 0) is 6.61 Å². The topological polar surface area (TPSA) is 66.1 Å². The fourth-order valence-corrected chi connectivity index (χ4v) is 1.95. The van der Waals surface area contributed by atoms with E-state index in [0.717, 1.165) is 16.9 Å². The highest BCUT2D eigenvalue weighted by Crippen LogP contribution is 2.31. The van der Waals surface area contributed by atoms with Crippen LogP contribution in [0.4, 0.5) is 0 Å². The predicted molar refractivity (Wildman–Crippen MR) is 82.1 cm³/mol. The van der Waals surface area contributed by atoms with Crippen LogP contribution in [0.2, 0.25) is 0 Å². The molecule has 0 fully saturated rings. The second-order valence-corrected chi connectivity index (χ2v) is 4.30. The Morgan fingerprint density at radius 3 is 2.62 bits per heavy atom. The van der Waals surface area contributed by atoms with Gasteiger partial charge in [0.1, 0.15) is 12.4 Å². The van der Waals surface area contributed by atoms with E-state index in [2.05, 4.69) is 5.10 Å². The van der Waals surface area contributed by atoms with Gasteiger partial charge in [-0.2, -0.15) is 5.10 Å². The van der Waals surface area contributed by atoms with Gasteiger partial charge in [0.25, 0.3) is 0 Å². The number of methoxy groups -OCH3 is 2. The van der Waals surface area contributed by atoms with E-state index >= 15 is 0 Å². The van der Waals surface area contributed by atoms with E-state index in [9.17, 15) is 0 Å². The lowest BCUT2D eigenvalue weighted by molar-refractivity contribution is 0.283. The molecule has 21 heavy (non-hydrogen) atoms. The molecule has 2 rings (SSSR count). The van der Waals surface area contributed by atoms with Crippen molar-refractivity contribution in [1.82, 2.24) is 0 Å². The Labute approximate surface area is 123 Å². The minimum Gasteiger partial charge on any atom is -0.497 e. The van der Waals surface area contributed by atoms with Crippen molar-refractivity contribution in [3.8, 4) is 17.2 Å². The SMILES string of the molecule is COc1cccc(COc2c(C=NN)cccc2OC)c1. The van der Waals surface area contributed by atoms with Gasteiger partial charge in [-0.3, -0.25) is 0 Å². The minimum absolute atomic E-state index is 0.392. The molecule has 0 unspecified atom stereocenters. The first-order chi connectivity index (χ1) is 10.3. The summed E-state index contributed by atoms with van der Waals surface area (Å²) < 4.78 is 16.4. The van der Waals surface area contributed by atoms with Crippen LogP contribution in [0.5, 0.6) is 17.2 Å². The molecular formula is C16H18N2O3. The number of rotatable bonds is 6. The summed E-state index contributed by atoms with van der Waals surface area (Å²) in [6, 6.07) is 13.2. The van der Waals surface area contributed by atoms with Gasteiger partial charge in [0.2, 0.25) is 0 Å². The summed E-state index contributed by atoms with van der Waals surface area (Å²) in [5, 5.41) is 3.54. The van der Waals surface area contributed by atoms with Crippen molar-refractivity contribution >= 4 is 6.21 Å². The average Bonchev–Trinajstić information content (AvgIpc) is 2.54. The van der Waals surface area contributed by atoms with Crippen LogP contribution >= 0.6 is 0 Å². The van der Waals surface area contributed by atoms with Crippen LogP contribution in [-0.4, -0.2) is 20.4 Å². The molecule has 0 aromatic heterocycles. The summed E-state index contributed by atoms with van der Waals surface area (Å²) >= 11 is 0. The van der Waals surface area contributed by atoms with Crippen molar-refractivity contribution in [1.29, 1.82) is 0 Å². The quantitative estimate of drug-likeness (QED) is 0.503. The van der Waals surface area contributed by atoms with Crippen LogP contribution in [0.3, 0.4) is 0 Å². The summed E-state index contributed by atoms with van der Waals surface area (Å²) in [5.74, 6) is 7.26. The number of nitrogens with two attached hydrogens (primary N) is 1. The third-order valence-electron chi connectivity index (χ3n) is 2.96. The molecule has 0 radical (unpaired) electrons. The highest BCUT2D eigenvalue weighted by Gasteiger charge is 2.09.